The van der Waals surface area contributed by atoms with Gasteiger partial charge in [0, 0.05) is 10.0 Å². The van der Waals surface area contributed by atoms with Gasteiger partial charge in [-0.2, -0.15) is 0 Å². The summed E-state index contributed by atoms with van der Waals surface area (Å²) in [6.45, 7) is -0.629. The van der Waals surface area contributed by atoms with E-state index in [4.69, 9.17) is 28.3 Å². The zero-order valence-electron chi connectivity index (χ0n) is 8.89. The van der Waals surface area contributed by atoms with Gasteiger partial charge in [-0.1, -0.05) is 29.3 Å². The number of carbonyl (C=O) groups excluding carboxylic acids is 2. The smallest absolute Gasteiger partial charge is 0.295 e. The largest absolute Gasteiger partial charge is 0.376 e. The summed E-state index contributed by atoms with van der Waals surface area (Å²) >= 11 is 12.5. The first-order chi connectivity index (χ1) is 8.52. The maximum atomic E-state index is 11.7. The van der Waals surface area contributed by atoms with E-state index in [0.717, 1.165) is 16.7 Å². The molecule has 1 N–H and O–H groups in total. The fourth-order valence-electron chi connectivity index (χ4n) is 1.38. The summed E-state index contributed by atoms with van der Waals surface area (Å²) in [7, 11) is 0. The number of nitrogens with zero attached hydrogens (tertiary/aromatic N) is 1. The number of aliphatic hydroxyl groups excluding tert-OH is 1. The molecule has 0 unspecified atom stereocenters. The minimum Gasteiger partial charge on any atom is -0.376 e. The van der Waals surface area contributed by atoms with Crippen molar-refractivity contribution in [3.8, 4) is 0 Å². The van der Waals surface area contributed by atoms with Crippen LogP contribution in [0.2, 0.25) is 10.0 Å². The van der Waals surface area contributed by atoms with Gasteiger partial charge in [-0.15, -0.1) is 0 Å². The van der Waals surface area contributed by atoms with Gasteiger partial charge < -0.3 is 5.11 Å². The highest BCUT2D eigenvalue weighted by Crippen LogP contribution is 2.33. The van der Waals surface area contributed by atoms with Gasteiger partial charge in [0.25, 0.3) is 11.1 Å². The highest BCUT2D eigenvalue weighted by molar-refractivity contribution is 8.18. The van der Waals surface area contributed by atoms with Crippen molar-refractivity contribution < 1.29 is 14.7 Å². The lowest BCUT2D eigenvalue weighted by Crippen LogP contribution is -2.28. The summed E-state index contributed by atoms with van der Waals surface area (Å²) < 4.78 is 0. The SMILES string of the molecule is O=C1S/C(=C/c2ccc(Cl)cc2Cl)C(=O)N1CO. The van der Waals surface area contributed by atoms with Crippen LogP contribution in [0.15, 0.2) is 23.1 Å². The molecule has 1 aliphatic rings. The molecule has 0 bridgehead atoms. The molecule has 0 spiro atoms. The van der Waals surface area contributed by atoms with Crippen LogP contribution in [0.3, 0.4) is 0 Å². The lowest BCUT2D eigenvalue weighted by atomic mass is 10.2. The highest BCUT2D eigenvalue weighted by Gasteiger charge is 2.34. The highest BCUT2D eigenvalue weighted by atomic mass is 35.5. The number of amides is 2. The fourth-order valence-corrected chi connectivity index (χ4v) is 2.67. The molecule has 1 heterocycles. The van der Waals surface area contributed by atoms with Gasteiger partial charge in [-0.3, -0.25) is 9.59 Å². The van der Waals surface area contributed by atoms with Crippen LogP contribution in [-0.2, 0) is 4.79 Å². The Kier molecular flexibility index (Phi) is 3.97. The van der Waals surface area contributed by atoms with Crippen LogP contribution in [0.25, 0.3) is 6.08 Å². The number of hydrogen-bond acceptors (Lipinski definition) is 4. The Bertz CT molecular complexity index is 559. The van der Waals surface area contributed by atoms with Crippen molar-refractivity contribution in [1.82, 2.24) is 4.90 Å². The predicted molar refractivity (Wildman–Crippen MR) is 71.4 cm³/mol. The first-order valence-electron chi connectivity index (χ1n) is 4.84. The molecular weight excluding hydrogens is 297 g/mol. The van der Waals surface area contributed by atoms with E-state index in [1.807, 2.05) is 0 Å². The molecule has 2 rings (SSSR count). The molecular formula is C11H7Cl2NO3S. The van der Waals surface area contributed by atoms with Gasteiger partial charge >= 0.3 is 0 Å². The van der Waals surface area contributed by atoms with Gasteiger partial charge in [-0.05, 0) is 35.5 Å². The van der Waals surface area contributed by atoms with Gasteiger partial charge in [-0.25, -0.2) is 4.90 Å². The summed E-state index contributed by atoms with van der Waals surface area (Å²) in [5.41, 5.74) is 0.588. The van der Waals surface area contributed by atoms with Crippen LogP contribution in [0.5, 0.6) is 0 Å². The monoisotopic (exact) mass is 303 g/mol. The van der Waals surface area contributed by atoms with Crippen molar-refractivity contribution in [3.05, 3.63) is 38.7 Å². The van der Waals surface area contributed by atoms with Crippen molar-refractivity contribution in [2.45, 2.75) is 0 Å². The van der Waals surface area contributed by atoms with Crippen molar-refractivity contribution in [1.29, 1.82) is 0 Å². The summed E-state index contributed by atoms with van der Waals surface area (Å²) in [6, 6.07) is 4.83. The van der Waals surface area contributed by atoms with E-state index < -0.39 is 17.9 Å². The van der Waals surface area contributed by atoms with Crippen LogP contribution in [0.4, 0.5) is 4.79 Å². The number of aliphatic hydroxyl groups is 1. The molecule has 0 aliphatic carbocycles. The fraction of sp³-hybridized carbons (Fsp3) is 0.0909. The Morgan fingerprint density at radius 3 is 2.61 bits per heavy atom. The van der Waals surface area contributed by atoms with E-state index in [-0.39, 0.29) is 4.91 Å². The lowest BCUT2D eigenvalue weighted by molar-refractivity contribution is -0.125. The minimum atomic E-state index is -0.629. The molecule has 1 saturated heterocycles. The molecule has 94 valence electrons. The van der Waals surface area contributed by atoms with Gasteiger partial charge in [0.2, 0.25) is 0 Å². The molecule has 0 saturated carbocycles. The molecule has 0 aromatic heterocycles. The molecule has 4 nitrogen and oxygen atoms in total. The molecule has 1 fully saturated rings. The van der Waals surface area contributed by atoms with Gasteiger partial charge in [0.1, 0.15) is 6.73 Å². The summed E-state index contributed by atoms with van der Waals surface area (Å²) in [5, 5.41) is 9.25. The number of benzene rings is 1. The number of halogens is 2. The number of imide groups is 1. The third-order valence-electron chi connectivity index (χ3n) is 2.26. The first kappa shape index (κ1) is 13.4. The van der Waals surface area contributed by atoms with Crippen LogP contribution in [0.1, 0.15) is 5.56 Å². The molecule has 1 aromatic rings. The molecule has 0 radical (unpaired) electrons. The second-order valence-corrected chi connectivity index (χ2v) is 5.25. The van der Waals surface area contributed by atoms with E-state index in [1.165, 1.54) is 6.08 Å². The molecule has 7 heteroatoms. The Hall–Kier alpha value is -1.01. The van der Waals surface area contributed by atoms with Crippen LogP contribution < -0.4 is 0 Å². The quantitative estimate of drug-likeness (QED) is 0.853. The van der Waals surface area contributed by atoms with E-state index in [9.17, 15) is 9.59 Å². The molecule has 2 amide bonds. The van der Waals surface area contributed by atoms with Crippen molar-refractivity contribution in [2.24, 2.45) is 0 Å². The number of carbonyl (C=O) groups is 2. The van der Waals surface area contributed by atoms with E-state index in [1.54, 1.807) is 18.2 Å². The van der Waals surface area contributed by atoms with Crippen molar-refractivity contribution in [3.63, 3.8) is 0 Å². The normalized spacial score (nSPS) is 17.9. The lowest BCUT2D eigenvalue weighted by Gasteiger charge is -2.06. The van der Waals surface area contributed by atoms with Crippen LogP contribution >= 0.6 is 35.0 Å². The third kappa shape index (κ3) is 2.54. The topological polar surface area (TPSA) is 57.6 Å². The zero-order valence-corrected chi connectivity index (χ0v) is 11.2. The second-order valence-electron chi connectivity index (χ2n) is 3.42. The van der Waals surface area contributed by atoms with Crippen molar-refractivity contribution in [2.75, 3.05) is 6.73 Å². The number of thioether (sulfide) groups is 1. The summed E-state index contributed by atoms with van der Waals surface area (Å²) in [6.07, 6.45) is 1.50. The van der Waals surface area contributed by atoms with Crippen LogP contribution in [-0.4, -0.2) is 27.9 Å². The zero-order chi connectivity index (χ0) is 13.3. The Balaban J connectivity index is 2.35. The number of hydrogen-bond donors (Lipinski definition) is 1. The van der Waals surface area contributed by atoms with Crippen LogP contribution in [0, 0.1) is 0 Å². The average molecular weight is 304 g/mol. The minimum absolute atomic E-state index is 0.221. The molecule has 18 heavy (non-hydrogen) atoms. The van der Waals surface area contributed by atoms with E-state index in [2.05, 4.69) is 0 Å². The van der Waals surface area contributed by atoms with Gasteiger partial charge in [0.05, 0.1) is 4.91 Å². The standard InChI is InChI=1S/C11H7Cl2NO3S/c12-7-2-1-6(8(13)4-7)3-9-10(16)14(5-15)11(17)18-9/h1-4,15H,5H2/b9-3+. The summed E-state index contributed by atoms with van der Waals surface area (Å²) in [4.78, 5) is 24.1. The van der Waals surface area contributed by atoms with Crippen molar-refractivity contribution >= 4 is 52.2 Å². The maximum absolute atomic E-state index is 11.7. The molecule has 1 aromatic carbocycles. The predicted octanol–water partition coefficient (Wildman–Crippen LogP) is 2.98. The Morgan fingerprint density at radius 2 is 2.06 bits per heavy atom. The third-order valence-corrected chi connectivity index (χ3v) is 3.73. The molecule has 1 aliphatic heterocycles. The van der Waals surface area contributed by atoms with E-state index >= 15 is 0 Å². The second kappa shape index (κ2) is 5.32. The average Bonchev–Trinajstić information content (AvgIpc) is 2.58. The first-order valence-corrected chi connectivity index (χ1v) is 6.41. The Labute approximate surface area is 117 Å². The summed E-state index contributed by atoms with van der Waals surface area (Å²) in [5.74, 6) is -0.529. The number of rotatable bonds is 2. The van der Waals surface area contributed by atoms with Gasteiger partial charge in [0.15, 0.2) is 0 Å². The van der Waals surface area contributed by atoms with E-state index in [0.29, 0.717) is 15.6 Å². The maximum Gasteiger partial charge on any atom is 0.295 e. The Morgan fingerprint density at radius 1 is 1.33 bits per heavy atom. The molecule has 0 atom stereocenters.